The Bertz CT molecular complexity index is 908. The molecule has 3 rings (SSSR count). The zero-order chi connectivity index (χ0) is 17.1. The molecule has 0 bridgehead atoms. The van der Waals surface area contributed by atoms with Crippen LogP contribution in [-0.4, -0.2) is 20.7 Å². The molecule has 1 N–H and O–H groups in total. The molecule has 0 unspecified atom stereocenters. The number of hydrogen-bond acceptors (Lipinski definition) is 6. The lowest BCUT2D eigenvalue weighted by Crippen LogP contribution is -2.19. The molecule has 8 heteroatoms. The summed E-state index contributed by atoms with van der Waals surface area (Å²) in [6, 6.07) is 8.18. The molecule has 1 aromatic carbocycles. The van der Waals surface area contributed by atoms with Crippen LogP contribution in [0.25, 0.3) is 11.3 Å². The fourth-order valence-corrected chi connectivity index (χ4v) is 3.95. The summed E-state index contributed by atoms with van der Waals surface area (Å²) < 4.78 is 2.52. The van der Waals surface area contributed by atoms with Crippen molar-refractivity contribution in [3.63, 3.8) is 0 Å². The lowest BCUT2D eigenvalue weighted by Gasteiger charge is -2.08. The van der Waals surface area contributed by atoms with Gasteiger partial charge in [-0.3, -0.25) is 10.1 Å². The molecule has 0 saturated heterocycles. The van der Waals surface area contributed by atoms with Gasteiger partial charge in [0.1, 0.15) is 11.6 Å². The Kier molecular flexibility index (Phi) is 5.17. The predicted octanol–water partition coefficient (Wildman–Crippen LogP) is 4.31. The number of hydrogen-bond donors (Lipinski definition) is 1. The zero-order valence-corrected chi connectivity index (χ0v) is 15.7. The number of aromatic nitrogens is 3. The quantitative estimate of drug-likeness (QED) is 0.674. The van der Waals surface area contributed by atoms with Gasteiger partial charge in [0, 0.05) is 5.38 Å². The van der Waals surface area contributed by atoms with Crippen molar-refractivity contribution in [1.29, 1.82) is 0 Å². The molecule has 0 aliphatic rings. The van der Waals surface area contributed by atoms with Gasteiger partial charge in [0.25, 0.3) is 0 Å². The fraction of sp³-hybridized carbons (Fsp3) is 0.250. The first-order chi connectivity index (χ1) is 11.6. The summed E-state index contributed by atoms with van der Waals surface area (Å²) in [5.41, 5.74) is 3.19. The highest BCUT2D eigenvalue weighted by molar-refractivity contribution is 7.73. The van der Waals surface area contributed by atoms with Crippen LogP contribution >= 0.6 is 34.9 Å². The van der Waals surface area contributed by atoms with E-state index in [2.05, 4.69) is 15.5 Å². The van der Waals surface area contributed by atoms with Gasteiger partial charge in [-0.25, -0.2) is 0 Å². The van der Waals surface area contributed by atoms with Gasteiger partial charge in [0.15, 0.2) is 3.95 Å². The van der Waals surface area contributed by atoms with Crippen LogP contribution in [0, 0.1) is 10.9 Å². The Labute approximate surface area is 153 Å². The minimum atomic E-state index is -0.156. The maximum atomic E-state index is 12.3. The first-order valence-corrected chi connectivity index (χ1v) is 9.55. The van der Waals surface area contributed by atoms with E-state index in [9.17, 15) is 4.79 Å². The van der Waals surface area contributed by atoms with Crippen LogP contribution in [0.2, 0.25) is 0 Å². The Morgan fingerprint density at radius 1 is 1.29 bits per heavy atom. The van der Waals surface area contributed by atoms with Gasteiger partial charge in [0.2, 0.25) is 11.0 Å². The van der Waals surface area contributed by atoms with Crippen LogP contribution in [0.15, 0.2) is 29.6 Å². The van der Waals surface area contributed by atoms with Crippen LogP contribution in [0.1, 0.15) is 17.5 Å². The summed E-state index contributed by atoms with van der Waals surface area (Å²) >= 11 is 8.23. The van der Waals surface area contributed by atoms with Crippen molar-refractivity contribution in [2.45, 2.75) is 26.8 Å². The summed E-state index contributed by atoms with van der Waals surface area (Å²) in [7, 11) is 0. The predicted molar refractivity (Wildman–Crippen MR) is 101 cm³/mol. The molecule has 5 nitrogen and oxygen atoms in total. The Morgan fingerprint density at radius 3 is 2.71 bits per heavy atom. The van der Waals surface area contributed by atoms with Crippen molar-refractivity contribution in [1.82, 2.24) is 14.8 Å². The second kappa shape index (κ2) is 7.33. The number of aryl methyl sites for hydroxylation is 2. The number of rotatable bonds is 5. The second-order valence-corrected chi connectivity index (χ2v) is 7.81. The Hall–Kier alpha value is -1.90. The molecule has 0 aliphatic heterocycles. The average Bonchev–Trinajstić information content (AvgIpc) is 3.16. The number of carbonyl (C=O) groups excluding carboxylic acids is 1. The van der Waals surface area contributed by atoms with E-state index in [0.29, 0.717) is 9.09 Å². The first kappa shape index (κ1) is 16.9. The van der Waals surface area contributed by atoms with Crippen molar-refractivity contribution >= 4 is 45.9 Å². The Balaban J connectivity index is 1.79. The summed E-state index contributed by atoms with van der Waals surface area (Å²) in [5.74, 6) is -0.156. The first-order valence-electron chi connectivity index (χ1n) is 7.44. The highest BCUT2D eigenvalue weighted by atomic mass is 32.1. The SMILES string of the molecule is CCc1nnc(NC(=O)Cn2c(-c3ccc(C)cc3)csc2=S)s1. The van der Waals surface area contributed by atoms with Gasteiger partial charge in [0.05, 0.1) is 5.69 Å². The molecule has 3 aromatic rings. The monoisotopic (exact) mass is 376 g/mol. The van der Waals surface area contributed by atoms with Crippen LogP contribution < -0.4 is 5.32 Å². The minimum absolute atomic E-state index is 0.156. The molecule has 0 aliphatic carbocycles. The molecule has 2 aromatic heterocycles. The minimum Gasteiger partial charge on any atom is -0.313 e. The fourth-order valence-electron chi connectivity index (χ4n) is 2.18. The van der Waals surface area contributed by atoms with E-state index < -0.39 is 0 Å². The van der Waals surface area contributed by atoms with Crippen molar-refractivity contribution in [3.05, 3.63) is 44.2 Å². The van der Waals surface area contributed by atoms with E-state index in [1.54, 1.807) is 0 Å². The third-order valence-corrected chi connectivity index (χ3v) is 5.70. The van der Waals surface area contributed by atoms with Gasteiger partial charge in [-0.2, -0.15) is 0 Å². The number of nitrogens with one attached hydrogen (secondary N) is 1. The lowest BCUT2D eigenvalue weighted by molar-refractivity contribution is -0.116. The number of amides is 1. The van der Waals surface area contributed by atoms with E-state index >= 15 is 0 Å². The van der Waals surface area contributed by atoms with Crippen molar-refractivity contribution in [2.24, 2.45) is 0 Å². The summed E-state index contributed by atoms with van der Waals surface area (Å²) in [6.45, 7) is 4.21. The van der Waals surface area contributed by atoms with Crippen molar-refractivity contribution < 1.29 is 4.79 Å². The van der Waals surface area contributed by atoms with Gasteiger partial charge in [-0.1, -0.05) is 48.1 Å². The zero-order valence-electron chi connectivity index (χ0n) is 13.3. The molecule has 0 spiro atoms. The molecule has 2 heterocycles. The molecule has 0 saturated carbocycles. The summed E-state index contributed by atoms with van der Waals surface area (Å²) in [4.78, 5) is 12.3. The topological polar surface area (TPSA) is 59.8 Å². The Morgan fingerprint density at radius 2 is 2.04 bits per heavy atom. The van der Waals surface area contributed by atoms with Gasteiger partial charge in [-0.15, -0.1) is 21.5 Å². The van der Waals surface area contributed by atoms with Crippen molar-refractivity contribution in [3.8, 4) is 11.3 Å². The maximum absolute atomic E-state index is 12.3. The van der Waals surface area contributed by atoms with Crippen LogP contribution in [-0.2, 0) is 17.8 Å². The van der Waals surface area contributed by atoms with Crippen LogP contribution in [0.3, 0.4) is 0 Å². The normalized spacial score (nSPS) is 10.8. The number of thiazole rings is 1. The molecule has 0 atom stereocenters. The highest BCUT2D eigenvalue weighted by Crippen LogP contribution is 2.24. The smallest absolute Gasteiger partial charge is 0.246 e. The standard InChI is InChI=1S/C16H16N4OS3/c1-3-14-18-19-15(24-14)17-13(21)8-20-12(9-23-16(20)22)11-6-4-10(2)5-7-11/h4-7,9H,3,8H2,1-2H3,(H,17,19,21). The number of nitrogens with zero attached hydrogens (tertiary/aromatic N) is 3. The highest BCUT2D eigenvalue weighted by Gasteiger charge is 2.13. The lowest BCUT2D eigenvalue weighted by atomic mass is 10.1. The average molecular weight is 377 g/mol. The molecule has 24 heavy (non-hydrogen) atoms. The number of anilines is 1. The summed E-state index contributed by atoms with van der Waals surface area (Å²) in [5, 5.41) is 14.2. The van der Waals surface area contributed by atoms with Crippen LogP contribution in [0.4, 0.5) is 5.13 Å². The molecule has 1 amide bonds. The van der Waals surface area contributed by atoms with E-state index in [1.807, 2.05) is 48.1 Å². The molecule has 124 valence electrons. The van der Waals surface area contributed by atoms with Gasteiger partial charge < -0.3 is 4.57 Å². The molecular weight excluding hydrogens is 360 g/mol. The van der Waals surface area contributed by atoms with Gasteiger partial charge in [-0.05, 0) is 31.1 Å². The molecule has 0 fully saturated rings. The van der Waals surface area contributed by atoms with E-state index in [1.165, 1.54) is 28.2 Å². The number of benzene rings is 1. The number of carbonyl (C=O) groups is 1. The van der Waals surface area contributed by atoms with E-state index in [-0.39, 0.29) is 12.5 Å². The molecular formula is C16H16N4OS3. The van der Waals surface area contributed by atoms with Crippen LogP contribution in [0.5, 0.6) is 0 Å². The van der Waals surface area contributed by atoms with E-state index in [4.69, 9.17) is 12.2 Å². The van der Waals surface area contributed by atoms with Crippen molar-refractivity contribution in [2.75, 3.05) is 5.32 Å². The second-order valence-electron chi connectivity index (χ2n) is 5.24. The third-order valence-electron chi connectivity index (χ3n) is 3.45. The van der Waals surface area contributed by atoms with Gasteiger partial charge >= 0.3 is 0 Å². The molecule has 0 radical (unpaired) electrons. The largest absolute Gasteiger partial charge is 0.313 e. The maximum Gasteiger partial charge on any atom is 0.246 e. The van der Waals surface area contributed by atoms with E-state index in [0.717, 1.165) is 22.7 Å². The summed E-state index contributed by atoms with van der Waals surface area (Å²) in [6.07, 6.45) is 0.806. The third kappa shape index (κ3) is 3.77.